The van der Waals surface area contributed by atoms with Crippen LogP contribution in [0.4, 0.5) is 0 Å². The molecular weight excluding hydrogens is 352 g/mol. The first-order valence-corrected chi connectivity index (χ1v) is 9.11. The Bertz CT molecular complexity index is 972. The maximum Gasteiger partial charge on any atom is 0.262 e. The van der Waals surface area contributed by atoms with Crippen LogP contribution in [0.3, 0.4) is 0 Å². The maximum absolute atomic E-state index is 12.7. The van der Waals surface area contributed by atoms with E-state index in [9.17, 15) is 9.59 Å². The summed E-state index contributed by atoms with van der Waals surface area (Å²) in [6.07, 6.45) is 3.05. The Balaban J connectivity index is 1.72. The fourth-order valence-corrected chi connectivity index (χ4v) is 3.81. The van der Waals surface area contributed by atoms with Crippen LogP contribution in [0.2, 0.25) is 0 Å². The minimum Gasteiger partial charge on any atom is -0.468 e. The van der Waals surface area contributed by atoms with E-state index in [1.807, 2.05) is 45.0 Å². The van der Waals surface area contributed by atoms with Crippen molar-refractivity contribution in [3.05, 3.63) is 51.3 Å². The second-order valence-electron chi connectivity index (χ2n) is 6.44. The number of carbonyl (C=O) groups excluding carboxylic acids is 1. The minimum absolute atomic E-state index is 0.0611. The Hall–Kier alpha value is -2.45. The molecule has 1 amide bonds. The largest absolute Gasteiger partial charge is 0.468 e. The Kier molecular flexibility index (Phi) is 5.24. The monoisotopic (exact) mass is 374 g/mol. The third kappa shape index (κ3) is 3.56. The average molecular weight is 374 g/mol. The normalized spacial score (nSPS) is 12.7. The van der Waals surface area contributed by atoms with Crippen molar-refractivity contribution in [3.8, 4) is 0 Å². The number of aryl methyl sites for hydroxylation is 2. The highest BCUT2D eigenvalue weighted by molar-refractivity contribution is 7.18. The lowest BCUT2D eigenvalue weighted by Gasteiger charge is -2.22. The van der Waals surface area contributed by atoms with Gasteiger partial charge in [-0.3, -0.25) is 19.1 Å². The second kappa shape index (κ2) is 7.43. The zero-order valence-electron chi connectivity index (χ0n) is 15.3. The third-order valence-corrected chi connectivity index (χ3v) is 5.57. The Morgan fingerprint density at radius 3 is 2.85 bits per heavy atom. The van der Waals surface area contributed by atoms with E-state index in [4.69, 9.17) is 4.42 Å². The molecule has 0 aromatic carbocycles. The number of nitrogens with zero attached hydrogens (tertiary/aromatic N) is 3. The van der Waals surface area contributed by atoms with E-state index in [1.165, 1.54) is 22.2 Å². The predicted molar refractivity (Wildman–Crippen MR) is 101 cm³/mol. The third-order valence-electron chi connectivity index (χ3n) is 4.46. The van der Waals surface area contributed by atoms with Crippen molar-refractivity contribution in [1.29, 1.82) is 0 Å². The lowest BCUT2D eigenvalue weighted by Crippen LogP contribution is -2.37. The summed E-state index contributed by atoms with van der Waals surface area (Å²) >= 11 is 1.50. The van der Waals surface area contributed by atoms with Gasteiger partial charge in [0.15, 0.2) is 0 Å². The van der Waals surface area contributed by atoms with Gasteiger partial charge in [-0.2, -0.15) is 0 Å². The molecule has 26 heavy (non-hydrogen) atoms. The molecule has 1 atom stereocenters. The summed E-state index contributed by atoms with van der Waals surface area (Å²) in [6.45, 7) is 4.20. The van der Waals surface area contributed by atoms with Gasteiger partial charge in [-0.1, -0.05) is 0 Å². The fraction of sp³-hybridized carbons (Fsp3) is 0.389. The standard InChI is InChI=1S/C18H22N4O3S/c1-11-12(2)26-17-16(11)18(24)22(10-20-17)9-15(23)19-8-13(21(3)4)14-6-5-7-25-14/h5-7,10,13H,8-9H2,1-4H3,(H,19,23). The molecule has 0 aliphatic heterocycles. The van der Waals surface area contributed by atoms with E-state index in [1.54, 1.807) is 6.26 Å². The fourth-order valence-electron chi connectivity index (χ4n) is 2.82. The Morgan fingerprint density at radius 2 is 2.19 bits per heavy atom. The molecule has 8 heteroatoms. The topological polar surface area (TPSA) is 80.4 Å². The number of nitrogens with one attached hydrogen (secondary N) is 1. The van der Waals surface area contributed by atoms with E-state index < -0.39 is 0 Å². The first-order valence-electron chi connectivity index (χ1n) is 8.30. The van der Waals surface area contributed by atoms with E-state index in [2.05, 4.69) is 10.3 Å². The summed E-state index contributed by atoms with van der Waals surface area (Å²) in [5.74, 6) is 0.538. The van der Waals surface area contributed by atoms with Gasteiger partial charge < -0.3 is 9.73 Å². The lowest BCUT2D eigenvalue weighted by molar-refractivity contribution is -0.122. The van der Waals surface area contributed by atoms with Crippen LogP contribution in [-0.4, -0.2) is 41.0 Å². The molecule has 0 aliphatic rings. The number of hydrogen-bond acceptors (Lipinski definition) is 6. The van der Waals surface area contributed by atoms with Gasteiger partial charge in [-0.15, -0.1) is 11.3 Å². The molecule has 0 saturated carbocycles. The molecule has 0 bridgehead atoms. The number of aromatic nitrogens is 2. The molecule has 3 aromatic heterocycles. The van der Waals surface area contributed by atoms with Gasteiger partial charge >= 0.3 is 0 Å². The number of furan rings is 1. The van der Waals surface area contributed by atoms with Crippen LogP contribution in [0, 0.1) is 13.8 Å². The maximum atomic E-state index is 12.7. The molecule has 0 radical (unpaired) electrons. The van der Waals surface area contributed by atoms with Gasteiger partial charge in [-0.05, 0) is 45.6 Å². The first kappa shape index (κ1) is 18.3. The van der Waals surface area contributed by atoms with Gasteiger partial charge in [0.2, 0.25) is 5.91 Å². The minimum atomic E-state index is -0.240. The van der Waals surface area contributed by atoms with E-state index in [0.717, 1.165) is 16.2 Å². The van der Waals surface area contributed by atoms with Crippen molar-refractivity contribution in [2.45, 2.75) is 26.4 Å². The molecule has 3 rings (SSSR count). The van der Waals surface area contributed by atoms with Crippen molar-refractivity contribution in [3.63, 3.8) is 0 Å². The Morgan fingerprint density at radius 1 is 1.42 bits per heavy atom. The zero-order valence-corrected chi connectivity index (χ0v) is 16.1. The van der Waals surface area contributed by atoms with Crippen LogP contribution in [0.1, 0.15) is 22.2 Å². The summed E-state index contributed by atoms with van der Waals surface area (Å²) < 4.78 is 6.79. The molecule has 138 valence electrons. The number of thiophene rings is 1. The molecule has 3 heterocycles. The number of carbonyl (C=O) groups is 1. The quantitative estimate of drug-likeness (QED) is 0.715. The summed E-state index contributed by atoms with van der Waals surface area (Å²) in [6, 6.07) is 3.62. The first-order chi connectivity index (χ1) is 12.4. The lowest BCUT2D eigenvalue weighted by atomic mass is 10.2. The number of hydrogen-bond donors (Lipinski definition) is 1. The summed E-state index contributed by atoms with van der Waals surface area (Å²) in [4.78, 5) is 33.1. The molecule has 0 spiro atoms. The van der Waals surface area contributed by atoms with E-state index >= 15 is 0 Å². The summed E-state index contributed by atoms with van der Waals surface area (Å²) in [5, 5.41) is 3.47. The van der Waals surface area contributed by atoms with Crippen LogP contribution < -0.4 is 10.9 Å². The summed E-state index contributed by atoms with van der Waals surface area (Å²) in [5.41, 5.74) is 0.755. The van der Waals surface area contributed by atoms with Gasteiger partial charge in [0.05, 0.1) is 24.0 Å². The van der Waals surface area contributed by atoms with Crippen molar-refractivity contribution in [2.24, 2.45) is 0 Å². The molecule has 3 aromatic rings. The second-order valence-corrected chi connectivity index (χ2v) is 7.64. The molecule has 0 saturated heterocycles. The van der Waals surface area contributed by atoms with Gasteiger partial charge in [0, 0.05) is 11.4 Å². The van der Waals surface area contributed by atoms with Crippen molar-refractivity contribution >= 4 is 27.5 Å². The molecule has 1 N–H and O–H groups in total. The molecule has 0 fully saturated rings. The van der Waals surface area contributed by atoms with Crippen LogP contribution in [0.15, 0.2) is 33.9 Å². The number of rotatable bonds is 6. The number of amides is 1. The predicted octanol–water partition coefficient (Wildman–Crippen LogP) is 2.09. The highest BCUT2D eigenvalue weighted by atomic mass is 32.1. The molecular formula is C18H22N4O3S. The van der Waals surface area contributed by atoms with Gasteiger partial charge in [0.1, 0.15) is 17.1 Å². The van der Waals surface area contributed by atoms with Crippen LogP contribution in [0.5, 0.6) is 0 Å². The van der Waals surface area contributed by atoms with Crippen molar-refractivity contribution in [2.75, 3.05) is 20.6 Å². The average Bonchev–Trinajstić information content (AvgIpc) is 3.20. The van der Waals surface area contributed by atoms with E-state index in [0.29, 0.717) is 16.8 Å². The van der Waals surface area contributed by atoms with Gasteiger partial charge in [0.25, 0.3) is 5.56 Å². The number of likely N-dealkylation sites (N-methyl/N-ethyl adjacent to an activating group) is 1. The van der Waals surface area contributed by atoms with Gasteiger partial charge in [-0.25, -0.2) is 4.98 Å². The summed E-state index contributed by atoms with van der Waals surface area (Å²) in [7, 11) is 3.84. The highest BCUT2D eigenvalue weighted by Gasteiger charge is 2.18. The van der Waals surface area contributed by atoms with Crippen molar-refractivity contribution in [1.82, 2.24) is 19.8 Å². The Labute approximate surface area is 155 Å². The van der Waals surface area contributed by atoms with E-state index in [-0.39, 0.29) is 24.1 Å². The van der Waals surface area contributed by atoms with Crippen LogP contribution in [-0.2, 0) is 11.3 Å². The molecule has 0 aliphatic carbocycles. The number of fused-ring (bicyclic) bond motifs is 1. The smallest absolute Gasteiger partial charge is 0.262 e. The zero-order chi connectivity index (χ0) is 18.8. The van der Waals surface area contributed by atoms with Crippen molar-refractivity contribution < 1.29 is 9.21 Å². The molecule has 7 nitrogen and oxygen atoms in total. The molecule has 1 unspecified atom stereocenters. The highest BCUT2D eigenvalue weighted by Crippen LogP contribution is 2.25. The SMILES string of the molecule is Cc1sc2ncn(CC(=O)NCC(c3ccco3)N(C)C)c(=O)c2c1C. The van der Waals surface area contributed by atoms with Crippen LogP contribution >= 0.6 is 11.3 Å². The van der Waals surface area contributed by atoms with Crippen LogP contribution in [0.25, 0.3) is 10.2 Å².